The lowest BCUT2D eigenvalue weighted by Crippen LogP contribution is -2.25. The molecule has 3 heterocycles. The van der Waals surface area contributed by atoms with Crippen LogP contribution in [0.3, 0.4) is 0 Å². The fraction of sp³-hybridized carbons (Fsp3) is 0.200. The second-order valence-corrected chi connectivity index (χ2v) is 5.68. The molecule has 0 amide bonds. The van der Waals surface area contributed by atoms with E-state index in [1.807, 2.05) is 24.2 Å². The van der Waals surface area contributed by atoms with Crippen molar-refractivity contribution < 1.29 is 0 Å². The van der Waals surface area contributed by atoms with Gasteiger partial charge in [0.15, 0.2) is 0 Å². The number of aliphatic imine (C=N–C) groups is 1. The molecule has 4 heteroatoms. The minimum Gasteiger partial charge on any atom is -0.346 e. The third-order valence-electron chi connectivity index (χ3n) is 3.59. The Morgan fingerprint density at radius 1 is 1.21 bits per heavy atom. The summed E-state index contributed by atoms with van der Waals surface area (Å²) >= 11 is 1.83. The maximum absolute atomic E-state index is 4.52. The molecule has 0 saturated carbocycles. The second-order valence-electron chi connectivity index (χ2n) is 4.69. The number of allylic oxidation sites excluding steroid dienone is 1. The Kier molecular flexibility index (Phi) is 2.55. The first-order chi connectivity index (χ1) is 9.42. The minimum atomic E-state index is 0.883. The van der Waals surface area contributed by atoms with Crippen LogP contribution in [0, 0.1) is 0 Å². The molecule has 1 aromatic heterocycles. The molecule has 2 aliphatic heterocycles. The van der Waals surface area contributed by atoms with Crippen LogP contribution in [-0.2, 0) is 0 Å². The summed E-state index contributed by atoms with van der Waals surface area (Å²) in [5, 5.41) is 2.45. The van der Waals surface area contributed by atoms with Crippen molar-refractivity contribution >= 4 is 33.9 Å². The highest BCUT2D eigenvalue weighted by molar-refractivity contribution is 8.04. The fourth-order valence-corrected chi connectivity index (χ4v) is 3.53. The molecule has 1 aromatic carbocycles. The van der Waals surface area contributed by atoms with Crippen molar-refractivity contribution in [3.8, 4) is 0 Å². The van der Waals surface area contributed by atoms with Gasteiger partial charge in [-0.2, -0.15) is 0 Å². The van der Waals surface area contributed by atoms with Crippen LogP contribution < -0.4 is 4.90 Å². The van der Waals surface area contributed by atoms with E-state index < -0.39 is 0 Å². The minimum absolute atomic E-state index is 0.883. The molecule has 0 saturated heterocycles. The van der Waals surface area contributed by atoms with Gasteiger partial charge in [0.25, 0.3) is 0 Å². The first kappa shape index (κ1) is 11.1. The number of benzene rings is 1. The molecule has 0 bridgehead atoms. The first-order valence-electron chi connectivity index (χ1n) is 6.39. The van der Waals surface area contributed by atoms with Gasteiger partial charge in [0.2, 0.25) is 0 Å². The third-order valence-corrected chi connectivity index (χ3v) is 4.50. The van der Waals surface area contributed by atoms with Crippen molar-refractivity contribution in [2.45, 2.75) is 6.42 Å². The van der Waals surface area contributed by atoms with Gasteiger partial charge < -0.3 is 4.90 Å². The Morgan fingerprint density at radius 3 is 3.21 bits per heavy atom. The third kappa shape index (κ3) is 1.83. The van der Waals surface area contributed by atoms with Gasteiger partial charge in [-0.05, 0) is 12.1 Å². The Labute approximate surface area is 116 Å². The summed E-state index contributed by atoms with van der Waals surface area (Å²) in [5.41, 5.74) is 2.54. The molecular weight excluding hydrogens is 254 g/mol. The van der Waals surface area contributed by atoms with Crippen LogP contribution >= 0.6 is 11.8 Å². The number of thioether (sulfide) groups is 1. The molecule has 0 aliphatic carbocycles. The highest BCUT2D eigenvalue weighted by atomic mass is 32.2. The molecule has 0 radical (unpaired) electrons. The summed E-state index contributed by atoms with van der Waals surface area (Å²) in [6.45, 7) is 1.00. The SMILES string of the molecule is C1=C2SCN=C2CCN1c1cccc2cnccc12. The quantitative estimate of drug-likeness (QED) is 0.792. The van der Waals surface area contributed by atoms with Gasteiger partial charge >= 0.3 is 0 Å². The topological polar surface area (TPSA) is 28.5 Å². The molecule has 0 N–H and O–H groups in total. The smallest absolute Gasteiger partial charge is 0.0895 e. The average Bonchev–Trinajstić information content (AvgIpc) is 2.94. The van der Waals surface area contributed by atoms with Crippen LogP contribution in [0.5, 0.6) is 0 Å². The van der Waals surface area contributed by atoms with Crippen molar-refractivity contribution in [3.63, 3.8) is 0 Å². The van der Waals surface area contributed by atoms with Crippen LogP contribution in [0.1, 0.15) is 6.42 Å². The summed E-state index contributed by atoms with van der Waals surface area (Å²) in [6.07, 6.45) is 7.07. The van der Waals surface area contributed by atoms with Gasteiger partial charge in [0.05, 0.1) is 11.6 Å². The Bertz CT molecular complexity index is 700. The van der Waals surface area contributed by atoms with Gasteiger partial charge in [-0.15, -0.1) is 0 Å². The zero-order valence-electron chi connectivity index (χ0n) is 10.4. The normalized spacial score (nSPS) is 18.2. The summed E-state index contributed by atoms with van der Waals surface area (Å²) in [4.78, 5) is 12.4. The largest absolute Gasteiger partial charge is 0.346 e. The van der Waals surface area contributed by atoms with E-state index in [1.54, 1.807) is 0 Å². The van der Waals surface area contributed by atoms with Gasteiger partial charge in [0.1, 0.15) is 0 Å². The Hall–Kier alpha value is -1.81. The van der Waals surface area contributed by atoms with E-state index in [0.717, 1.165) is 18.8 Å². The lowest BCUT2D eigenvalue weighted by atomic mass is 10.1. The monoisotopic (exact) mass is 267 g/mol. The van der Waals surface area contributed by atoms with Crippen LogP contribution in [-0.4, -0.2) is 23.1 Å². The summed E-state index contributed by atoms with van der Waals surface area (Å²) in [7, 11) is 0. The number of hydrogen-bond donors (Lipinski definition) is 0. The number of nitrogens with zero attached hydrogens (tertiary/aromatic N) is 3. The zero-order chi connectivity index (χ0) is 12.7. The van der Waals surface area contributed by atoms with Crippen molar-refractivity contribution in [1.82, 2.24) is 4.98 Å². The van der Waals surface area contributed by atoms with Gasteiger partial charge in [-0.1, -0.05) is 23.9 Å². The van der Waals surface area contributed by atoms with E-state index in [0.29, 0.717) is 0 Å². The van der Waals surface area contributed by atoms with E-state index in [9.17, 15) is 0 Å². The molecule has 0 fully saturated rings. The van der Waals surface area contributed by atoms with Crippen molar-refractivity contribution in [2.24, 2.45) is 4.99 Å². The number of rotatable bonds is 1. The highest BCUT2D eigenvalue weighted by Gasteiger charge is 2.22. The van der Waals surface area contributed by atoms with Gasteiger partial charge in [-0.3, -0.25) is 9.98 Å². The highest BCUT2D eigenvalue weighted by Crippen LogP contribution is 2.34. The Balaban J connectivity index is 1.83. The molecule has 2 aromatic rings. The van der Waals surface area contributed by atoms with Crippen molar-refractivity contribution in [1.29, 1.82) is 0 Å². The molecule has 2 aliphatic rings. The number of fused-ring (bicyclic) bond motifs is 2. The lowest BCUT2D eigenvalue weighted by Gasteiger charge is -2.26. The zero-order valence-corrected chi connectivity index (χ0v) is 11.2. The van der Waals surface area contributed by atoms with E-state index in [1.165, 1.54) is 27.1 Å². The maximum Gasteiger partial charge on any atom is 0.0895 e. The van der Waals surface area contributed by atoms with Crippen molar-refractivity contribution in [3.05, 3.63) is 47.8 Å². The molecule has 94 valence electrons. The molecule has 0 atom stereocenters. The van der Waals surface area contributed by atoms with Crippen LogP contribution in [0.4, 0.5) is 5.69 Å². The first-order valence-corrected chi connectivity index (χ1v) is 7.38. The molecule has 3 nitrogen and oxygen atoms in total. The summed E-state index contributed by atoms with van der Waals surface area (Å²) in [5.74, 6) is 0.883. The molecule has 0 spiro atoms. The molecule has 19 heavy (non-hydrogen) atoms. The predicted octanol–water partition coefficient (Wildman–Crippen LogP) is 3.43. The van der Waals surface area contributed by atoms with Crippen LogP contribution in [0.25, 0.3) is 10.8 Å². The van der Waals surface area contributed by atoms with E-state index in [2.05, 4.69) is 45.3 Å². The molecular formula is C15H13N3S. The average molecular weight is 267 g/mol. The number of hydrogen-bond acceptors (Lipinski definition) is 4. The van der Waals surface area contributed by atoms with E-state index in [-0.39, 0.29) is 0 Å². The number of anilines is 1. The molecule has 0 unspecified atom stereocenters. The van der Waals surface area contributed by atoms with E-state index >= 15 is 0 Å². The van der Waals surface area contributed by atoms with Gasteiger partial charge in [-0.25, -0.2) is 0 Å². The van der Waals surface area contributed by atoms with Crippen LogP contribution in [0.2, 0.25) is 0 Å². The fourth-order valence-electron chi connectivity index (χ4n) is 2.63. The number of pyridine rings is 1. The second kappa shape index (κ2) is 4.38. The number of aromatic nitrogens is 1. The van der Waals surface area contributed by atoms with Gasteiger partial charge in [0, 0.05) is 52.9 Å². The molecule has 4 rings (SSSR count). The maximum atomic E-state index is 4.52. The van der Waals surface area contributed by atoms with Crippen molar-refractivity contribution in [2.75, 3.05) is 17.3 Å². The summed E-state index contributed by atoms with van der Waals surface area (Å²) < 4.78 is 0. The lowest BCUT2D eigenvalue weighted by molar-refractivity contribution is 0.943. The van der Waals surface area contributed by atoms with E-state index in [4.69, 9.17) is 0 Å². The van der Waals surface area contributed by atoms with Crippen LogP contribution in [0.15, 0.2) is 52.8 Å². The summed E-state index contributed by atoms with van der Waals surface area (Å²) in [6, 6.07) is 8.49. The Morgan fingerprint density at radius 2 is 2.21 bits per heavy atom. The predicted molar refractivity (Wildman–Crippen MR) is 81.7 cm³/mol. The standard InChI is InChI=1S/C15H13N3S/c1-2-11-8-16-6-4-12(11)14(3-1)18-7-5-13-15(9-18)19-10-17-13/h1-4,6,8-9H,5,7,10H2.